The van der Waals surface area contributed by atoms with Crippen molar-refractivity contribution >= 4 is 17.3 Å². The molecule has 0 saturated carbocycles. The number of imidazole rings is 1. The number of hydrogen-bond donors (Lipinski definition) is 0. The molecule has 0 unspecified atom stereocenters. The van der Waals surface area contributed by atoms with E-state index < -0.39 is 0 Å². The standard InChI is InChI=1S/C15H11FN2O/c1-10-2-7-14-13(8-10)17-15(9-19)18(14)12-5-3-11(16)4-6-12/h2-9H,1H3. The third-order valence-electron chi connectivity index (χ3n) is 3.03. The van der Waals surface area contributed by atoms with Gasteiger partial charge < -0.3 is 0 Å². The van der Waals surface area contributed by atoms with Crippen molar-refractivity contribution in [3.8, 4) is 5.69 Å². The van der Waals surface area contributed by atoms with Gasteiger partial charge in [-0.15, -0.1) is 0 Å². The molecule has 0 aliphatic rings. The molecule has 3 aromatic rings. The minimum atomic E-state index is -0.309. The van der Waals surface area contributed by atoms with Crippen molar-refractivity contribution in [3.63, 3.8) is 0 Å². The third-order valence-corrected chi connectivity index (χ3v) is 3.03. The number of carbonyl (C=O) groups is 1. The van der Waals surface area contributed by atoms with Gasteiger partial charge in [0, 0.05) is 5.69 Å². The van der Waals surface area contributed by atoms with E-state index in [1.54, 1.807) is 16.7 Å². The number of carbonyl (C=O) groups excluding carboxylic acids is 1. The van der Waals surface area contributed by atoms with E-state index in [0.717, 1.165) is 22.3 Å². The normalized spacial score (nSPS) is 10.8. The van der Waals surface area contributed by atoms with Crippen LogP contribution in [0.1, 0.15) is 16.2 Å². The van der Waals surface area contributed by atoms with Gasteiger partial charge in [-0.2, -0.15) is 0 Å². The van der Waals surface area contributed by atoms with Crippen LogP contribution in [0.15, 0.2) is 42.5 Å². The maximum absolute atomic E-state index is 13.0. The van der Waals surface area contributed by atoms with Gasteiger partial charge >= 0.3 is 0 Å². The van der Waals surface area contributed by atoms with E-state index >= 15 is 0 Å². The molecule has 1 aromatic heterocycles. The monoisotopic (exact) mass is 254 g/mol. The molecule has 19 heavy (non-hydrogen) atoms. The highest BCUT2D eigenvalue weighted by Gasteiger charge is 2.11. The summed E-state index contributed by atoms with van der Waals surface area (Å²) in [5, 5.41) is 0. The number of benzene rings is 2. The van der Waals surface area contributed by atoms with E-state index in [1.165, 1.54) is 12.1 Å². The second-order valence-electron chi connectivity index (χ2n) is 4.39. The second kappa shape index (κ2) is 4.31. The van der Waals surface area contributed by atoms with Gasteiger partial charge in [0.05, 0.1) is 11.0 Å². The van der Waals surface area contributed by atoms with Crippen LogP contribution in [0.4, 0.5) is 4.39 Å². The Balaban J connectivity index is 2.32. The predicted molar refractivity (Wildman–Crippen MR) is 71.2 cm³/mol. The first kappa shape index (κ1) is 11.6. The molecule has 0 saturated heterocycles. The molecule has 0 fully saturated rings. The average molecular weight is 254 g/mol. The molecule has 0 amide bonds. The van der Waals surface area contributed by atoms with E-state index in [0.29, 0.717) is 12.1 Å². The van der Waals surface area contributed by atoms with Gasteiger partial charge in [0.2, 0.25) is 0 Å². The fourth-order valence-corrected chi connectivity index (χ4v) is 2.15. The van der Waals surface area contributed by atoms with Crippen molar-refractivity contribution in [1.29, 1.82) is 0 Å². The SMILES string of the molecule is Cc1ccc2c(c1)nc(C=O)n2-c1ccc(F)cc1. The fraction of sp³-hybridized carbons (Fsp3) is 0.0667. The van der Waals surface area contributed by atoms with Crippen LogP contribution >= 0.6 is 0 Å². The summed E-state index contributed by atoms with van der Waals surface area (Å²) < 4.78 is 14.7. The highest BCUT2D eigenvalue weighted by Crippen LogP contribution is 2.22. The van der Waals surface area contributed by atoms with Crippen LogP contribution in [-0.2, 0) is 0 Å². The molecule has 3 nitrogen and oxygen atoms in total. The molecule has 0 N–H and O–H groups in total. The van der Waals surface area contributed by atoms with Gasteiger partial charge in [-0.25, -0.2) is 9.37 Å². The maximum atomic E-state index is 13.0. The highest BCUT2D eigenvalue weighted by atomic mass is 19.1. The van der Waals surface area contributed by atoms with E-state index in [-0.39, 0.29) is 5.82 Å². The molecule has 0 radical (unpaired) electrons. The summed E-state index contributed by atoms with van der Waals surface area (Å²) >= 11 is 0. The zero-order valence-corrected chi connectivity index (χ0v) is 10.3. The molecule has 3 rings (SSSR count). The van der Waals surface area contributed by atoms with Gasteiger partial charge in [0.15, 0.2) is 12.1 Å². The molecule has 94 valence electrons. The zero-order chi connectivity index (χ0) is 13.4. The first-order valence-electron chi connectivity index (χ1n) is 5.89. The molecular weight excluding hydrogens is 243 g/mol. The van der Waals surface area contributed by atoms with Crippen LogP contribution in [-0.4, -0.2) is 15.8 Å². The molecule has 0 spiro atoms. The van der Waals surface area contributed by atoms with Crippen LogP contribution in [0, 0.1) is 12.7 Å². The number of nitrogens with zero attached hydrogens (tertiary/aromatic N) is 2. The lowest BCUT2D eigenvalue weighted by Crippen LogP contribution is -1.99. The van der Waals surface area contributed by atoms with Gasteiger partial charge in [-0.3, -0.25) is 9.36 Å². The van der Waals surface area contributed by atoms with Crippen molar-refractivity contribution < 1.29 is 9.18 Å². The fourth-order valence-electron chi connectivity index (χ4n) is 2.15. The highest BCUT2D eigenvalue weighted by molar-refractivity contribution is 5.85. The van der Waals surface area contributed by atoms with Crippen molar-refractivity contribution in [2.24, 2.45) is 0 Å². The van der Waals surface area contributed by atoms with E-state index in [1.807, 2.05) is 25.1 Å². The summed E-state index contributed by atoms with van der Waals surface area (Å²) in [6, 6.07) is 11.8. The number of aromatic nitrogens is 2. The van der Waals surface area contributed by atoms with E-state index in [2.05, 4.69) is 4.98 Å². The zero-order valence-electron chi connectivity index (χ0n) is 10.3. The number of aryl methyl sites for hydroxylation is 1. The Hall–Kier alpha value is -2.49. The summed E-state index contributed by atoms with van der Waals surface area (Å²) in [6.45, 7) is 1.97. The molecule has 4 heteroatoms. The molecule has 0 aliphatic carbocycles. The Morgan fingerprint density at radius 2 is 1.89 bits per heavy atom. The number of aldehydes is 1. The van der Waals surface area contributed by atoms with E-state index in [4.69, 9.17) is 0 Å². The molecule has 0 aliphatic heterocycles. The lowest BCUT2D eigenvalue weighted by Gasteiger charge is -2.06. The van der Waals surface area contributed by atoms with Gasteiger partial charge in [0.1, 0.15) is 5.82 Å². The molecule has 1 heterocycles. The largest absolute Gasteiger partial charge is 0.294 e. The van der Waals surface area contributed by atoms with Crippen LogP contribution in [0.3, 0.4) is 0 Å². The summed E-state index contributed by atoms with van der Waals surface area (Å²) in [5.41, 5.74) is 3.38. The van der Waals surface area contributed by atoms with E-state index in [9.17, 15) is 9.18 Å². The average Bonchev–Trinajstić information content (AvgIpc) is 2.77. The lowest BCUT2D eigenvalue weighted by atomic mass is 10.2. The minimum Gasteiger partial charge on any atom is -0.294 e. The summed E-state index contributed by atoms with van der Waals surface area (Å²) in [7, 11) is 0. The van der Waals surface area contributed by atoms with Gasteiger partial charge in [-0.1, -0.05) is 6.07 Å². The van der Waals surface area contributed by atoms with Crippen molar-refractivity contribution in [1.82, 2.24) is 9.55 Å². The quantitative estimate of drug-likeness (QED) is 0.658. The van der Waals surface area contributed by atoms with Crippen molar-refractivity contribution in [3.05, 3.63) is 59.7 Å². The molecular formula is C15H11FN2O. The third kappa shape index (κ3) is 1.91. The predicted octanol–water partition coefficient (Wildman–Crippen LogP) is 3.29. The topological polar surface area (TPSA) is 34.9 Å². The Morgan fingerprint density at radius 1 is 1.16 bits per heavy atom. The maximum Gasteiger partial charge on any atom is 0.185 e. The number of fused-ring (bicyclic) bond motifs is 1. The lowest BCUT2D eigenvalue weighted by molar-refractivity contribution is 0.111. The first-order chi connectivity index (χ1) is 9.19. The second-order valence-corrected chi connectivity index (χ2v) is 4.39. The molecule has 2 aromatic carbocycles. The summed E-state index contributed by atoms with van der Waals surface area (Å²) in [4.78, 5) is 15.5. The Bertz CT molecular complexity index is 760. The minimum absolute atomic E-state index is 0.309. The van der Waals surface area contributed by atoms with Crippen molar-refractivity contribution in [2.75, 3.05) is 0 Å². The molecule has 0 bridgehead atoms. The number of hydrogen-bond acceptors (Lipinski definition) is 2. The van der Waals surface area contributed by atoms with Crippen molar-refractivity contribution in [2.45, 2.75) is 6.92 Å². The Morgan fingerprint density at radius 3 is 2.58 bits per heavy atom. The van der Waals surface area contributed by atoms with Crippen LogP contribution in [0.25, 0.3) is 16.7 Å². The summed E-state index contributed by atoms with van der Waals surface area (Å²) in [5.74, 6) is 0.00359. The number of halogens is 1. The summed E-state index contributed by atoms with van der Waals surface area (Å²) in [6.07, 6.45) is 0.707. The van der Waals surface area contributed by atoms with Crippen LogP contribution in [0.2, 0.25) is 0 Å². The Kier molecular flexibility index (Phi) is 2.63. The number of rotatable bonds is 2. The molecule has 0 atom stereocenters. The smallest absolute Gasteiger partial charge is 0.185 e. The van der Waals surface area contributed by atoms with Crippen LogP contribution in [0.5, 0.6) is 0 Å². The van der Waals surface area contributed by atoms with Gasteiger partial charge in [-0.05, 0) is 48.9 Å². The first-order valence-corrected chi connectivity index (χ1v) is 5.89. The Labute approximate surface area is 109 Å². The van der Waals surface area contributed by atoms with Gasteiger partial charge in [0.25, 0.3) is 0 Å². The van der Waals surface area contributed by atoms with Crippen LogP contribution < -0.4 is 0 Å².